The van der Waals surface area contributed by atoms with Crippen molar-refractivity contribution in [2.75, 3.05) is 0 Å². The van der Waals surface area contributed by atoms with Gasteiger partial charge >= 0.3 is 0 Å². The third-order valence-corrected chi connectivity index (χ3v) is 7.90. The van der Waals surface area contributed by atoms with Gasteiger partial charge in [0.1, 0.15) is 0 Å². The first kappa shape index (κ1) is 22.6. The average Bonchev–Trinajstić information content (AvgIpc) is 3.60. The molecule has 0 saturated carbocycles. The second-order valence-corrected chi connectivity index (χ2v) is 10.2. The van der Waals surface area contributed by atoms with Crippen molar-refractivity contribution < 1.29 is 4.79 Å². The fourth-order valence-electron chi connectivity index (χ4n) is 6.03. The Morgan fingerprint density at radius 3 is 2.10 bits per heavy atom. The van der Waals surface area contributed by atoms with E-state index in [1.54, 1.807) is 0 Å². The molecule has 0 aliphatic carbocycles. The molecular weight excluding hydrogens is 488 g/mol. The largest absolute Gasteiger partial charge is 0.315 e. The van der Waals surface area contributed by atoms with E-state index in [1.807, 2.05) is 60.7 Å². The summed E-state index contributed by atoms with van der Waals surface area (Å²) < 4.78 is 4.57. The first-order valence-corrected chi connectivity index (χ1v) is 13.5. The minimum Gasteiger partial charge on any atom is -0.315 e. The maximum Gasteiger partial charge on any atom is 0.193 e. The van der Waals surface area contributed by atoms with Crippen LogP contribution >= 0.6 is 0 Å². The number of benzene rings is 6. The molecule has 8 rings (SSSR count). The number of carbonyl (C=O) groups is 1. The quantitative estimate of drug-likeness (QED) is 0.216. The van der Waals surface area contributed by atoms with Gasteiger partial charge in [0.2, 0.25) is 0 Å². The highest BCUT2D eigenvalue weighted by atomic mass is 16.1. The normalized spacial score (nSPS) is 11.6. The highest BCUT2D eigenvalue weighted by molar-refractivity contribution is 6.18. The molecule has 0 N–H and O–H groups in total. The predicted molar refractivity (Wildman–Crippen MR) is 165 cm³/mol. The van der Waals surface area contributed by atoms with Crippen LogP contribution in [0.15, 0.2) is 146 Å². The SMILES string of the molecule is O=C(c1cccc(-n2c3ccccc3c3ccc4ccn(-c5ccccc5)c4c32)c1)c1ccc2ccccc2c1. The van der Waals surface area contributed by atoms with Crippen molar-refractivity contribution in [3.8, 4) is 11.4 Å². The van der Waals surface area contributed by atoms with E-state index in [4.69, 9.17) is 0 Å². The lowest BCUT2D eigenvalue weighted by molar-refractivity contribution is 0.103. The summed E-state index contributed by atoms with van der Waals surface area (Å²) in [4.78, 5) is 13.7. The maximum absolute atomic E-state index is 13.7. The van der Waals surface area contributed by atoms with Gasteiger partial charge in [-0.3, -0.25) is 4.79 Å². The van der Waals surface area contributed by atoms with Crippen molar-refractivity contribution in [3.63, 3.8) is 0 Å². The number of para-hydroxylation sites is 2. The first-order valence-electron chi connectivity index (χ1n) is 13.5. The van der Waals surface area contributed by atoms with E-state index < -0.39 is 0 Å². The monoisotopic (exact) mass is 512 g/mol. The summed E-state index contributed by atoms with van der Waals surface area (Å²) in [6, 6.07) is 47.6. The summed E-state index contributed by atoms with van der Waals surface area (Å²) >= 11 is 0. The molecule has 2 aromatic heterocycles. The van der Waals surface area contributed by atoms with Crippen molar-refractivity contribution in [1.82, 2.24) is 9.13 Å². The summed E-state index contributed by atoms with van der Waals surface area (Å²) in [6.07, 6.45) is 2.14. The van der Waals surface area contributed by atoms with E-state index in [9.17, 15) is 4.79 Å². The number of fused-ring (bicyclic) bond motifs is 6. The van der Waals surface area contributed by atoms with Crippen molar-refractivity contribution >= 4 is 49.3 Å². The van der Waals surface area contributed by atoms with E-state index in [2.05, 4.69) is 94.2 Å². The van der Waals surface area contributed by atoms with Gasteiger partial charge in [-0.25, -0.2) is 0 Å². The van der Waals surface area contributed by atoms with E-state index in [0.29, 0.717) is 11.1 Å². The molecule has 3 nitrogen and oxygen atoms in total. The minimum atomic E-state index is 0.0196. The number of rotatable bonds is 4. The van der Waals surface area contributed by atoms with Crippen LogP contribution in [-0.2, 0) is 0 Å². The molecule has 8 aromatic rings. The Morgan fingerprint density at radius 2 is 1.20 bits per heavy atom. The molecule has 0 unspecified atom stereocenters. The third-order valence-electron chi connectivity index (χ3n) is 7.90. The fourth-order valence-corrected chi connectivity index (χ4v) is 6.03. The van der Waals surface area contributed by atoms with Crippen LogP contribution in [-0.4, -0.2) is 14.9 Å². The Hall–Kier alpha value is -5.41. The standard InChI is InChI=1S/C37H24N2O/c40-37(29-18-17-25-9-4-5-10-27(25)23-29)28-11-8-14-31(24-28)39-34-16-7-6-15-32(34)33-20-19-26-21-22-38(35(26)36(33)39)30-12-2-1-3-13-30/h1-24H. The van der Waals surface area contributed by atoms with Gasteiger partial charge in [-0.2, -0.15) is 0 Å². The average molecular weight is 513 g/mol. The number of hydrogen-bond donors (Lipinski definition) is 0. The minimum absolute atomic E-state index is 0.0196. The Bertz CT molecular complexity index is 2230. The number of hydrogen-bond acceptors (Lipinski definition) is 1. The molecule has 0 amide bonds. The Morgan fingerprint density at radius 1 is 0.475 bits per heavy atom. The molecule has 0 atom stereocenters. The van der Waals surface area contributed by atoms with Crippen LogP contribution in [0.5, 0.6) is 0 Å². The van der Waals surface area contributed by atoms with Crippen LogP contribution in [0.3, 0.4) is 0 Å². The molecular formula is C37H24N2O. The summed E-state index contributed by atoms with van der Waals surface area (Å²) in [7, 11) is 0. The predicted octanol–water partition coefficient (Wildman–Crippen LogP) is 9.11. The van der Waals surface area contributed by atoms with E-state index in [0.717, 1.165) is 38.7 Å². The van der Waals surface area contributed by atoms with Crippen molar-refractivity contribution in [2.45, 2.75) is 0 Å². The summed E-state index contributed by atoms with van der Waals surface area (Å²) in [6.45, 7) is 0. The molecule has 0 aliphatic heterocycles. The second kappa shape index (κ2) is 8.82. The second-order valence-electron chi connectivity index (χ2n) is 10.2. The Kier molecular flexibility index (Phi) is 4.98. The third kappa shape index (κ3) is 3.41. The fraction of sp³-hybridized carbons (Fsp3) is 0. The first-order chi connectivity index (χ1) is 19.8. The van der Waals surface area contributed by atoms with Crippen LogP contribution in [0.2, 0.25) is 0 Å². The highest BCUT2D eigenvalue weighted by Crippen LogP contribution is 2.38. The van der Waals surface area contributed by atoms with Crippen LogP contribution < -0.4 is 0 Å². The highest BCUT2D eigenvalue weighted by Gasteiger charge is 2.19. The summed E-state index contributed by atoms with van der Waals surface area (Å²) in [5.41, 5.74) is 6.83. The van der Waals surface area contributed by atoms with Gasteiger partial charge in [0, 0.05) is 44.9 Å². The molecule has 40 heavy (non-hydrogen) atoms. The number of aromatic nitrogens is 2. The maximum atomic E-state index is 13.7. The Labute approximate surface area is 231 Å². The molecule has 0 spiro atoms. The van der Waals surface area contributed by atoms with Crippen molar-refractivity contribution in [1.29, 1.82) is 0 Å². The lowest BCUT2D eigenvalue weighted by atomic mass is 9.99. The summed E-state index contributed by atoms with van der Waals surface area (Å²) in [5, 5.41) is 5.74. The van der Waals surface area contributed by atoms with Crippen LogP contribution in [0.1, 0.15) is 15.9 Å². The molecule has 3 heteroatoms. The summed E-state index contributed by atoms with van der Waals surface area (Å²) in [5.74, 6) is 0.0196. The molecule has 6 aromatic carbocycles. The van der Waals surface area contributed by atoms with Gasteiger partial charge in [0.05, 0.1) is 16.6 Å². The molecule has 2 heterocycles. The lowest BCUT2D eigenvalue weighted by Gasteiger charge is -2.13. The molecule has 0 bridgehead atoms. The molecule has 0 fully saturated rings. The smallest absolute Gasteiger partial charge is 0.193 e. The molecule has 0 saturated heterocycles. The van der Waals surface area contributed by atoms with Crippen LogP contribution in [0.4, 0.5) is 0 Å². The lowest BCUT2D eigenvalue weighted by Crippen LogP contribution is -2.03. The van der Waals surface area contributed by atoms with E-state index in [-0.39, 0.29) is 5.78 Å². The zero-order valence-corrected chi connectivity index (χ0v) is 21.7. The van der Waals surface area contributed by atoms with Gasteiger partial charge in [-0.15, -0.1) is 0 Å². The van der Waals surface area contributed by atoms with Gasteiger partial charge < -0.3 is 9.13 Å². The van der Waals surface area contributed by atoms with E-state index in [1.165, 1.54) is 16.2 Å². The number of nitrogens with zero attached hydrogens (tertiary/aromatic N) is 2. The Balaban J connectivity index is 1.38. The molecule has 0 aliphatic rings. The zero-order valence-electron chi connectivity index (χ0n) is 21.7. The van der Waals surface area contributed by atoms with E-state index >= 15 is 0 Å². The molecule has 188 valence electrons. The van der Waals surface area contributed by atoms with Crippen molar-refractivity contribution in [2.24, 2.45) is 0 Å². The zero-order chi connectivity index (χ0) is 26.6. The van der Waals surface area contributed by atoms with Gasteiger partial charge in [-0.1, -0.05) is 97.1 Å². The van der Waals surface area contributed by atoms with Gasteiger partial charge in [0.25, 0.3) is 0 Å². The number of ketones is 1. The van der Waals surface area contributed by atoms with Crippen molar-refractivity contribution in [3.05, 3.63) is 157 Å². The van der Waals surface area contributed by atoms with Crippen LogP contribution in [0.25, 0.3) is 54.9 Å². The number of carbonyl (C=O) groups excluding carboxylic acids is 1. The van der Waals surface area contributed by atoms with Crippen LogP contribution in [0, 0.1) is 0 Å². The molecule has 0 radical (unpaired) electrons. The topological polar surface area (TPSA) is 26.9 Å². The van der Waals surface area contributed by atoms with Gasteiger partial charge in [0.15, 0.2) is 5.78 Å². The van der Waals surface area contributed by atoms with Gasteiger partial charge in [-0.05, 0) is 53.2 Å².